The van der Waals surface area contributed by atoms with E-state index in [2.05, 4.69) is 63.6 Å². The molecule has 0 bridgehead atoms. The molecule has 1 saturated heterocycles. The van der Waals surface area contributed by atoms with Gasteiger partial charge in [-0.1, -0.05) is 60.7 Å². The molecule has 6 rings (SSSR count). The zero-order valence-electron chi connectivity index (χ0n) is 25.7. The summed E-state index contributed by atoms with van der Waals surface area (Å²) in [6.45, 7) is 4.08. The van der Waals surface area contributed by atoms with E-state index in [1.165, 1.54) is 54.0 Å². The number of halogens is 3. The van der Waals surface area contributed by atoms with Crippen molar-refractivity contribution < 1.29 is 13.2 Å². The zero-order valence-corrected chi connectivity index (χ0v) is 25.7. The Morgan fingerprint density at radius 2 is 1.28 bits per heavy atom. The molecule has 0 spiro atoms. The number of nitrogens with one attached hydrogen (secondary N) is 1. The van der Waals surface area contributed by atoms with Crippen LogP contribution in [0.1, 0.15) is 88.5 Å². The van der Waals surface area contributed by atoms with Gasteiger partial charge in [-0.2, -0.15) is 13.2 Å². The van der Waals surface area contributed by atoms with Gasteiger partial charge >= 0.3 is 6.18 Å². The van der Waals surface area contributed by atoms with Crippen molar-refractivity contribution in [2.45, 2.75) is 62.3 Å². The second kappa shape index (κ2) is 12.7. The highest BCUT2D eigenvalue weighted by atomic mass is 19.4. The fraction of sp³-hybridized carbons (Fsp3) is 0.500. The maximum absolute atomic E-state index is 14.1. The quantitative estimate of drug-likeness (QED) is 0.255. The lowest BCUT2D eigenvalue weighted by molar-refractivity contribution is -0.138. The van der Waals surface area contributed by atoms with Crippen LogP contribution in [-0.2, 0) is 12.7 Å². The van der Waals surface area contributed by atoms with Gasteiger partial charge in [-0.05, 0) is 98.1 Å². The van der Waals surface area contributed by atoms with Gasteiger partial charge in [0.25, 0.3) is 0 Å². The van der Waals surface area contributed by atoms with Crippen LogP contribution in [-0.4, -0.2) is 68.6 Å². The highest BCUT2D eigenvalue weighted by Gasteiger charge is 2.35. The van der Waals surface area contributed by atoms with E-state index in [0.29, 0.717) is 18.7 Å². The number of piperazine rings is 1. The van der Waals surface area contributed by atoms with Crippen LogP contribution in [0.3, 0.4) is 0 Å². The molecule has 1 N–H and O–H groups in total. The largest absolute Gasteiger partial charge is 0.416 e. The first-order chi connectivity index (χ1) is 20.7. The Morgan fingerprint density at radius 1 is 0.767 bits per heavy atom. The van der Waals surface area contributed by atoms with Crippen molar-refractivity contribution in [1.82, 2.24) is 20.0 Å². The summed E-state index contributed by atoms with van der Waals surface area (Å²) in [7, 11) is 5.82. The van der Waals surface area contributed by atoms with Crippen molar-refractivity contribution in [2.24, 2.45) is 0 Å². The molecule has 3 aromatic carbocycles. The molecule has 1 unspecified atom stereocenters. The summed E-state index contributed by atoms with van der Waals surface area (Å²) in [6.07, 6.45) is 0.779. The summed E-state index contributed by atoms with van der Waals surface area (Å²) in [5.74, 6) is 1.44. The number of rotatable bonds is 11. The van der Waals surface area contributed by atoms with Gasteiger partial charge in [-0.25, -0.2) is 0 Å². The van der Waals surface area contributed by atoms with Gasteiger partial charge in [-0.3, -0.25) is 9.80 Å². The van der Waals surface area contributed by atoms with E-state index >= 15 is 0 Å². The lowest BCUT2D eigenvalue weighted by Gasteiger charge is -2.40. The summed E-state index contributed by atoms with van der Waals surface area (Å²) in [6, 6.07) is 23.2. The van der Waals surface area contributed by atoms with Crippen LogP contribution in [0.5, 0.6) is 0 Å². The second-order valence-corrected chi connectivity index (χ2v) is 13.1. The lowest BCUT2D eigenvalue weighted by atomic mass is 9.93. The minimum Gasteiger partial charge on any atom is -0.312 e. The lowest BCUT2D eigenvalue weighted by Crippen LogP contribution is -2.47. The van der Waals surface area contributed by atoms with E-state index in [4.69, 9.17) is 0 Å². The summed E-state index contributed by atoms with van der Waals surface area (Å²) < 4.78 is 42.3. The SMILES string of the molecule is CNC(CN(C)C)c1ccc(C(F)(F)F)c(CN2CCN(C(c3ccc(C4CC4)cc3)c3ccc(C4CC4)cc3)CC2)c1. The molecule has 0 amide bonds. The maximum Gasteiger partial charge on any atom is 0.416 e. The minimum absolute atomic E-state index is 0.0359. The van der Waals surface area contributed by atoms with Gasteiger partial charge in [0.2, 0.25) is 0 Å². The Kier molecular flexibility index (Phi) is 8.97. The highest BCUT2D eigenvalue weighted by molar-refractivity contribution is 5.39. The first kappa shape index (κ1) is 30.3. The average molecular weight is 591 g/mol. The van der Waals surface area contributed by atoms with E-state index in [0.717, 1.165) is 43.6 Å². The fourth-order valence-electron chi connectivity index (χ4n) is 6.74. The number of alkyl halides is 3. The van der Waals surface area contributed by atoms with Crippen molar-refractivity contribution in [3.63, 3.8) is 0 Å². The van der Waals surface area contributed by atoms with E-state index in [9.17, 15) is 13.2 Å². The van der Waals surface area contributed by atoms with E-state index < -0.39 is 11.7 Å². The molecule has 3 aliphatic rings. The Bertz CT molecular complexity index is 1300. The standard InChI is InChI=1S/C36H45F3N4/c1-40-34(24-41(2)3)31-16-17-33(36(37,38)39)32(22-31)23-42-18-20-43(21-19-42)35(29-12-8-27(9-13-29)25-4-5-25)30-14-10-28(11-15-30)26-6-7-26/h8-17,22,25-26,34-35,40H,4-7,18-21,23-24H2,1-3H3. The van der Waals surface area contributed by atoms with Crippen LogP contribution < -0.4 is 5.32 Å². The maximum atomic E-state index is 14.1. The zero-order chi connectivity index (χ0) is 30.1. The highest BCUT2D eigenvalue weighted by Crippen LogP contribution is 2.42. The van der Waals surface area contributed by atoms with E-state index in [-0.39, 0.29) is 12.1 Å². The van der Waals surface area contributed by atoms with E-state index in [1.807, 2.05) is 26.0 Å². The van der Waals surface area contributed by atoms with Gasteiger partial charge in [0.15, 0.2) is 0 Å². The Hall–Kier alpha value is -2.71. The van der Waals surface area contributed by atoms with Gasteiger partial charge in [0, 0.05) is 45.3 Å². The normalized spacial score (nSPS) is 19.3. The molecule has 4 nitrogen and oxygen atoms in total. The predicted octanol–water partition coefficient (Wildman–Crippen LogP) is 7.19. The third-order valence-electron chi connectivity index (χ3n) is 9.50. The van der Waals surface area contributed by atoms with Crippen molar-refractivity contribution in [3.8, 4) is 0 Å². The molecule has 2 saturated carbocycles. The third kappa shape index (κ3) is 7.34. The fourth-order valence-corrected chi connectivity index (χ4v) is 6.74. The molecule has 43 heavy (non-hydrogen) atoms. The summed E-state index contributed by atoms with van der Waals surface area (Å²) >= 11 is 0. The predicted molar refractivity (Wildman–Crippen MR) is 167 cm³/mol. The van der Waals surface area contributed by atoms with Gasteiger partial charge < -0.3 is 10.2 Å². The minimum atomic E-state index is -4.38. The molecule has 1 aliphatic heterocycles. The molecule has 1 heterocycles. The molecule has 1 atom stereocenters. The topological polar surface area (TPSA) is 21.8 Å². The molecule has 7 heteroatoms. The van der Waals surface area contributed by atoms with E-state index in [1.54, 1.807) is 12.1 Å². The second-order valence-electron chi connectivity index (χ2n) is 13.1. The number of likely N-dealkylation sites (N-methyl/N-ethyl adjacent to an activating group) is 2. The molecule has 0 radical (unpaired) electrons. The smallest absolute Gasteiger partial charge is 0.312 e. The van der Waals surface area contributed by atoms with Crippen LogP contribution in [0.15, 0.2) is 66.7 Å². The van der Waals surface area contributed by atoms with Crippen molar-refractivity contribution in [2.75, 3.05) is 53.9 Å². The first-order valence-electron chi connectivity index (χ1n) is 15.9. The monoisotopic (exact) mass is 590 g/mol. The van der Waals surface area contributed by atoms with Crippen molar-refractivity contribution in [1.29, 1.82) is 0 Å². The van der Waals surface area contributed by atoms with Crippen LogP contribution >= 0.6 is 0 Å². The molecular formula is C36H45F3N4. The molecular weight excluding hydrogens is 545 g/mol. The van der Waals surface area contributed by atoms with Gasteiger partial charge in [0.1, 0.15) is 0 Å². The van der Waals surface area contributed by atoms with Crippen LogP contribution in [0.4, 0.5) is 13.2 Å². The van der Waals surface area contributed by atoms with Crippen molar-refractivity contribution >= 4 is 0 Å². The third-order valence-corrected chi connectivity index (χ3v) is 9.50. The van der Waals surface area contributed by atoms with Crippen LogP contribution in [0.25, 0.3) is 0 Å². The average Bonchev–Trinajstić information content (AvgIpc) is 3.91. The van der Waals surface area contributed by atoms with Crippen LogP contribution in [0.2, 0.25) is 0 Å². The Labute approximate surface area is 254 Å². The summed E-state index contributed by atoms with van der Waals surface area (Å²) in [4.78, 5) is 6.76. The molecule has 3 aromatic rings. The van der Waals surface area contributed by atoms with Crippen molar-refractivity contribution in [3.05, 3.63) is 106 Å². The summed E-state index contributed by atoms with van der Waals surface area (Å²) in [5.41, 5.74) is 6.19. The summed E-state index contributed by atoms with van der Waals surface area (Å²) in [5, 5.41) is 3.27. The first-order valence-corrected chi connectivity index (χ1v) is 15.9. The number of hydrogen-bond acceptors (Lipinski definition) is 4. The van der Waals surface area contributed by atoms with Gasteiger partial charge in [-0.15, -0.1) is 0 Å². The Morgan fingerprint density at radius 3 is 1.72 bits per heavy atom. The molecule has 0 aromatic heterocycles. The molecule has 230 valence electrons. The molecule has 3 fully saturated rings. The number of nitrogens with zero attached hydrogens (tertiary/aromatic N) is 3. The molecule has 2 aliphatic carbocycles. The van der Waals surface area contributed by atoms with Crippen LogP contribution in [0, 0.1) is 0 Å². The number of benzene rings is 3. The van der Waals surface area contributed by atoms with Gasteiger partial charge in [0.05, 0.1) is 11.6 Å². The number of hydrogen-bond donors (Lipinski definition) is 1. The Balaban J connectivity index is 1.20.